The number of amides is 1. The van der Waals surface area contributed by atoms with Gasteiger partial charge in [-0.05, 0) is 37.3 Å². The predicted molar refractivity (Wildman–Crippen MR) is 92.6 cm³/mol. The van der Waals surface area contributed by atoms with E-state index in [1.807, 2.05) is 0 Å². The molecule has 5 nitrogen and oxygen atoms in total. The number of nitrogens with one attached hydrogen (secondary N) is 1. The molecule has 0 saturated heterocycles. The highest BCUT2D eigenvalue weighted by Crippen LogP contribution is 2.32. The smallest absolute Gasteiger partial charge is 0.265 e. The molecule has 0 fully saturated rings. The molecule has 7 heteroatoms. The second-order valence-corrected chi connectivity index (χ2v) is 6.09. The molecule has 0 spiro atoms. The maximum absolute atomic E-state index is 12.3. The van der Waals surface area contributed by atoms with Gasteiger partial charge in [-0.25, -0.2) is 0 Å². The van der Waals surface area contributed by atoms with Crippen LogP contribution in [0.5, 0.6) is 17.2 Å². The molecule has 0 bridgehead atoms. The maximum atomic E-state index is 12.3. The Balaban J connectivity index is 1.65. The number of halogens is 2. The number of carbonyl (C=O) groups is 1. The molecule has 1 aliphatic heterocycles. The normalized spacial score (nSPS) is 14.0. The summed E-state index contributed by atoms with van der Waals surface area (Å²) in [5.41, 5.74) is 0.601. The van der Waals surface area contributed by atoms with E-state index in [1.165, 1.54) is 0 Å². The monoisotopic (exact) mass is 367 g/mol. The summed E-state index contributed by atoms with van der Waals surface area (Å²) in [5.74, 6) is 1.39. The standard InChI is InChI=1S/C17H15Cl2NO4/c1-10(24-14-7-11(18)6-12(19)8-14)17(21)20-13-2-3-15-16(9-13)23-5-4-22-15/h2-3,6-10H,4-5H2,1H3,(H,20,21)/t10-/m1/s1. The Bertz CT molecular complexity index is 746. The van der Waals surface area contributed by atoms with Crippen LogP contribution in [-0.2, 0) is 4.79 Å². The molecule has 0 radical (unpaired) electrons. The summed E-state index contributed by atoms with van der Waals surface area (Å²) >= 11 is 11.8. The molecule has 24 heavy (non-hydrogen) atoms. The summed E-state index contributed by atoms with van der Waals surface area (Å²) in [7, 11) is 0. The number of anilines is 1. The summed E-state index contributed by atoms with van der Waals surface area (Å²) in [6.07, 6.45) is -0.729. The lowest BCUT2D eigenvalue weighted by Gasteiger charge is -2.20. The second kappa shape index (κ2) is 7.20. The highest BCUT2D eigenvalue weighted by atomic mass is 35.5. The molecule has 0 aromatic heterocycles. The van der Waals surface area contributed by atoms with E-state index >= 15 is 0 Å². The number of ether oxygens (including phenoxy) is 3. The van der Waals surface area contributed by atoms with Crippen LogP contribution in [-0.4, -0.2) is 25.2 Å². The number of carbonyl (C=O) groups excluding carboxylic acids is 1. The number of benzene rings is 2. The van der Waals surface area contributed by atoms with Crippen LogP contribution in [0.15, 0.2) is 36.4 Å². The highest BCUT2D eigenvalue weighted by molar-refractivity contribution is 6.34. The van der Waals surface area contributed by atoms with E-state index in [9.17, 15) is 4.79 Å². The summed E-state index contributed by atoms with van der Waals surface area (Å²) < 4.78 is 16.5. The number of hydrogen-bond donors (Lipinski definition) is 1. The van der Waals surface area contributed by atoms with Crippen molar-refractivity contribution < 1.29 is 19.0 Å². The molecule has 126 valence electrons. The van der Waals surface area contributed by atoms with Crippen molar-refractivity contribution in [2.45, 2.75) is 13.0 Å². The van der Waals surface area contributed by atoms with Crippen LogP contribution in [0.3, 0.4) is 0 Å². The van der Waals surface area contributed by atoms with Crippen molar-refractivity contribution >= 4 is 34.8 Å². The molecule has 2 aromatic rings. The number of fused-ring (bicyclic) bond motifs is 1. The first-order chi connectivity index (χ1) is 11.5. The summed E-state index contributed by atoms with van der Waals surface area (Å²) in [6, 6.07) is 10.0. The Labute approximate surface area is 149 Å². The fourth-order valence-electron chi connectivity index (χ4n) is 2.22. The molecule has 0 saturated carbocycles. The van der Waals surface area contributed by atoms with Crippen molar-refractivity contribution in [1.29, 1.82) is 0 Å². The van der Waals surface area contributed by atoms with Crippen LogP contribution < -0.4 is 19.5 Å². The molecule has 1 aliphatic rings. The average molecular weight is 368 g/mol. The fourth-order valence-corrected chi connectivity index (χ4v) is 2.73. The van der Waals surface area contributed by atoms with E-state index in [4.69, 9.17) is 37.4 Å². The first kappa shape index (κ1) is 16.7. The van der Waals surface area contributed by atoms with Crippen LogP contribution in [0.4, 0.5) is 5.69 Å². The van der Waals surface area contributed by atoms with Gasteiger partial charge < -0.3 is 19.5 Å². The first-order valence-corrected chi connectivity index (χ1v) is 8.10. The van der Waals surface area contributed by atoms with E-state index in [1.54, 1.807) is 43.3 Å². The third-order valence-corrected chi connectivity index (χ3v) is 3.76. The predicted octanol–water partition coefficient (Wildman–Crippen LogP) is 4.17. The third-order valence-electron chi connectivity index (χ3n) is 3.33. The Kier molecular flexibility index (Phi) is 5.02. The highest BCUT2D eigenvalue weighted by Gasteiger charge is 2.17. The van der Waals surface area contributed by atoms with Crippen LogP contribution in [0.25, 0.3) is 0 Å². The number of rotatable bonds is 4. The van der Waals surface area contributed by atoms with Gasteiger partial charge in [-0.15, -0.1) is 0 Å². The Morgan fingerprint density at radius 3 is 2.46 bits per heavy atom. The molecule has 1 N–H and O–H groups in total. The van der Waals surface area contributed by atoms with Gasteiger partial charge in [0.1, 0.15) is 19.0 Å². The van der Waals surface area contributed by atoms with Crippen molar-refractivity contribution in [3.63, 3.8) is 0 Å². The zero-order chi connectivity index (χ0) is 17.1. The van der Waals surface area contributed by atoms with Crippen LogP contribution in [0, 0.1) is 0 Å². The second-order valence-electron chi connectivity index (χ2n) is 5.21. The summed E-state index contributed by atoms with van der Waals surface area (Å²) in [4.78, 5) is 12.3. The lowest BCUT2D eigenvalue weighted by atomic mass is 10.2. The van der Waals surface area contributed by atoms with Crippen molar-refractivity contribution in [2.24, 2.45) is 0 Å². The minimum atomic E-state index is -0.729. The number of hydrogen-bond acceptors (Lipinski definition) is 4. The van der Waals surface area contributed by atoms with Gasteiger partial charge in [0.15, 0.2) is 17.6 Å². The van der Waals surface area contributed by atoms with Crippen molar-refractivity contribution in [1.82, 2.24) is 0 Å². The Morgan fingerprint density at radius 1 is 1.08 bits per heavy atom. The van der Waals surface area contributed by atoms with Gasteiger partial charge in [-0.3, -0.25) is 4.79 Å². The van der Waals surface area contributed by atoms with Gasteiger partial charge in [0.25, 0.3) is 5.91 Å². The molecule has 1 amide bonds. The summed E-state index contributed by atoms with van der Waals surface area (Å²) in [5, 5.41) is 3.66. The van der Waals surface area contributed by atoms with E-state index in [0.29, 0.717) is 46.2 Å². The first-order valence-electron chi connectivity index (χ1n) is 7.34. The van der Waals surface area contributed by atoms with E-state index in [2.05, 4.69) is 5.32 Å². The van der Waals surface area contributed by atoms with Gasteiger partial charge in [0, 0.05) is 21.8 Å². The minimum absolute atomic E-state index is 0.303. The molecule has 1 heterocycles. The van der Waals surface area contributed by atoms with Gasteiger partial charge >= 0.3 is 0 Å². The average Bonchev–Trinajstić information content (AvgIpc) is 2.53. The minimum Gasteiger partial charge on any atom is -0.486 e. The topological polar surface area (TPSA) is 56.8 Å². The van der Waals surface area contributed by atoms with Crippen LogP contribution >= 0.6 is 23.2 Å². The SMILES string of the molecule is C[C@@H](Oc1cc(Cl)cc(Cl)c1)C(=O)Nc1ccc2c(c1)OCCO2. The molecule has 2 aromatic carbocycles. The van der Waals surface area contributed by atoms with Gasteiger partial charge in [0.2, 0.25) is 0 Å². The maximum Gasteiger partial charge on any atom is 0.265 e. The largest absolute Gasteiger partial charge is 0.486 e. The molecule has 1 atom stereocenters. The van der Waals surface area contributed by atoms with Gasteiger partial charge in [0.05, 0.1) is 0 Å². The summed E-state index contributed by atoms with van der Waals surface area (Å²) in [6.45, 7) is 2.65. The quantitative estimate of drug-likeness (QED) is 0.880. The van der Waals surface area contributed by atoms with Crippen molar-refractivity contribution in [3.05, 3.63) is 46.4 Å². The molecular formula is C17H15Cl2NO4. The molecular weight excluding hydrogens is 353 g/mol. The molecule has 3 rings (SSSR count). The zero-order valence-corrected chi connectivity index (χ0v) is 14.4. The lowest BCUT2D eigenvalue weighted by Crippen LogP contribution is -2.30. The van der Waals surface area contributed by atoms with Crippen LogP contribution in [0.1, 0.15) is 6.92 Å². The van der Waals surface area contributed by atoms with E-state index < -0.39 is 6.10 Å². The Morgan fingerprint density at radius 2 is 1.75 bits per heavy atom. The molecule has 0 unspecified atom stereocenters. The third kappa shape index (κ3) is 4.04. The Hall–Kier alpha value is -2.11. The van der Waals surface area contributed by atoms with Gasteiger partial charge in [-0.2, -0.15) is 0 Å². The van der Waals surface area contributed by atoms with Crippen LogP contribution in [0.2, 0.25) is 10.0 Å². The van der Waals surface area contributed by atoms with Crippen molar-refractivity contribution in [3.8, 4) is 17.2 Å². The van der Waals surface area contributed by atoms with E-state index in [-0.39, 0.29) is 5.91 Å². The fraction of sp³-hybridized carbons (Fsp3) is 0.235. The van der Waals surface area contributed by atoms with Gasteiger partial charge in [-0.1, -0.05) is 23.2 Å². The molecule has 0 aliphatic carbocycles. The zero-order valence-electron chi connectivity index (χ0n) is 12.8. The lowest BCUT2D eigenvalue weighted by molar-refractivity contribution is -0.122. The van der Waals surface area contributed by atoms with E-state index in [0.717, 1.165) is 0 Å². The van der Waals surface area contributed by atoms with Crippen molar-refractivity contribution in [2.75, 3.05) is 18.5 Å².